The summed E-state index contributed by atoms with van der Waals surface area (Å²) in [6, 6.07) is 5.58. The van der Waals surface area contributed by atoms with E-state index in [0.717, 1.165) is 17.3 Å². The minimum atomic E-state index is 0.187. The van der Waals surface area contributed by atoms with Gasteiger partial charge in [0.1, 0.15) is 0 Å². The van der Waals surface area contributed by atoms with Crippen molar-refractivity contribution in [3.63, 3.8) is 0 Å². The molecule has 4 nitrogen and oxygen atoms in total. The number of methoxy groups -OCH3 is 1. The third-order valence-electron chi connectivity index (χ3n) is 2.91. The summed E-state index contributed by atoms with van der Waals surface area (Å²) in [5.41, 5.74) is 1.78. The van der Waals surface area contributed by atoms with E-state index in [9.17, 15) is 0 Å². The number of benzene rings is 1. The quantitative estimate of drug-likeness (QED) is 0.886. The third kappa shape index (κ3) is 3.45. The molecule has 1 aromatic heterocycles. The number of nitrogens with one attached hydrogen (secondary N) is 1. The fourth-order valence-corrected chi connectivity index (χ4v) is 2.27. The standard InChI is InChI=1S/C14H17Cl2N3O/c1-9-7-19(10(2)8-20-3)14(17-9)18-11-4-5-12(15)13(16)6-11/h4-7,10H,8H2,1-3H3,(H,17,18). The number of halogens is 2. The van der Waals surface area contributed by atoms with Gasteiger partial charge in [-0.2, -0.15) is 0 Å². The predicted octanol–water partition coefficient (Wildman–Crippen LogP) is 4.45. The van der Waals surface area contributed by atoms with Crippen LogP contribution in [0.3, 0.4) is 0 Å². The van der Waals surface area contributed by atoms with Crippen molar-refractivity contribution in [3.8, 4) is 0 Å². The van der Waals surface area contributed by atoms with Crippen LogP contribution in [0.5, 0.6) is 0 Å². The van der Waals surface area contributed by atoms with E-state index in [1.54, 1.807) is 19.2 Å². The Morgan fingerprint density at radius 2 is 2.10 bits per heavy atom. The van der Waals surface area contributed by atoms with Crippen molar-refractivity contribution in [3.05, 3.63) is 40.1 Å². The van der Waals surface area contributed by atoms with Gasteiger partial charge in [0.25, 0.3) is 0 Å². The molecule has 108 valence electrons. The Balaban J connectivity index is 2.26. The highest BCUT2D eigenvalue weighted by Gasteiger charge is 2.12. The van der Waals surface area contributed by atoms with Gasteiger partial charge in [0, 0.05) is 19.0 Å². The van der Waals surface area contributed by atoms with Crippen molar-refractivity contribution < 1.29 is 4.74 Å². The Hall–Kier alpha value is -1.23. The summed E-state index contributed by atoms with van der Waals surface area (Å²) in [4.78, 5) is 4.48. The second-order valence-electron chi connectivity index (χ2n) is 4.67. The molecule has 0 radical (unpaired) electrons. The fourth-order valence-electron chi connectivity index (χ4n) is 1.97. The molecule has 0 bridgehead atoms. The van der Waals surface area contributed by atoms with Crippen LogP contribution in [0.15, 0.2) is 24.4 Å². The molecule has 0 saturated carbocycles. The number of imidazole rings is 1. The van der Waals surface area contributed by atoms with E-state index in [-0.39, 0.29) is 6.04 Å². The molecule has 6 heteroatoms. The molecule has 1 aromatic carbocycles. The number of anilines is 2. The van der Waals surface area contributed by atoms with Crippen LogP contribution in [-0.2, 0) is 4.74 Å². The average Bonchev–Trinajstić information content (AvgIpc) is 2.75. The van der Waals surface area contributed by atoms with Crippen LogP contribution in [-0.4, -0.2) is 23.3 Å². The van der Waals surface area contributed by atoms with Gasteiger partial charge >= 0.3 is 0 Å². The maximum absolute atomic E-state index is 6.02. The molecule has 1 unspecified atom stereocenters. The number of nitrogens with zero attached hydrogens (tertiary/aromatic N) is 2. The highest BCUT2D eigenvalue weighted by Crippen LogP contribution is 2.27. The molecule has 0 spiro atoms. The lowest BCUT2D eigenvalue weighted by molar-refractivity contribution is 0.163. The number of hydrogen-bond acceptors (Lipinski definition) is 3. The highest BCUT2D eigenvalue weighted by molar-refractivity contribution is 6.42. The van der Waals surface area contributed by atoms with E-state index in [1.807, 2.05) is 23.8 Å². The Morgan fingerprint density at radius 3 is 2.75 bits per heavy atom. The molecule has 20 heavy (non-hydrogen) atoms. The SMILES string of the molecule is COCC(C)n1cc(C)nc1Nc1ccc(Cl)c(Cl)c1. The minimum Gasteiger partial charge on any atom is -0.383 e. The summed E-state index contributed by atoms with van der Waals surface area (Å²) in [6.45, 7) is 4.65. The molecule has 0 aliphatic heterocycles. The van der Waals surface area contributed by atoms with Crippen LogP contribution in [0, 0.1) is 6.92 Å². The van der Waals surface area contributed by atoms with E-state index < -0.39 is 0 Å². The largest absolute Gasteiger partial charge is 0.383 e. The zero-order chi connectivity index (χ0) is 14.7. The Kier molecular flexibility index (Phi) is 4.91. The smallest absolute Gasteiger partial charge is 0.207 e. The molecule has 1 heterocycles. The molecule has 0 saturated heterocycles. The third-order valence-corrected chi connectivity index (χ3v) is 3.65. The van der Waals surface area contributed by atoms with Crippen LogP contribution in [0.25, 0.3) is 0 Å². The van der Waals surface area contributed by atoms with Crippen LogP contribution in [0.2, 0.25) is 10.0 Å². The summed E-state index contributed by atoms with van der Waals surface area (Å²) in [5.74, 6) is 0.755. The van der Waals surface area contributed by atoms with Gasteiger partial charge in [-0.1, -0.05) is 23.2 Å². The lowest BCUT2D eigenvalue weighted by Gasteiger charge is -2.16. The van der Waals surface area contributed by atoms with Crippen LogP contribution in [0.1, 0.15) is 18.7 Å². The monoisotopic (exact) mass is 313 g/mol. The van der Waals surface area contributed by atoms with Crippen molar-refractivity contribution in [1.29, 1.82) is 0 Å². The van der Waals surface area contributed by atoms with Gasteiger partial charge in [-0.25, -0.2) is 4.98 Å². The van der Waals surface area contributed by atoms with Gasteiger partial charge < -0.3 is 14.6 Å². The molecular formula is C14H17Cl2N3O. The van der Waals surface area contributed by atoms with E-state index >= 15 is 0 Å². The van der Waals surface area contributed by atoms with Crippen LogP contribution < -0.4 is 5.32 Å². The Labute approximate surface area is 128 Å². The second kappa shape index (κ2) is 6.48. The van der Waals surface area contributed by atoms with Crippen molar-refractivity contribution in [2.45, 2.75) is 19.9 Å². The molecule has 0 fully saturated rings. The number of aromatic nitrogens is 2. The van der Waals surface area contributed by atoms with Gasteiger partial charge in [-0.15, -0.1) is 0 Å². The van der Waals surface area contributed by atoms with Crippen molar-refractivity contribution in [1.82, 2.24) is 9.55 Å². The van der Waals surface area contributed by atoms with Crippen LogP contribution in [0.4, 0.5) is 11.6 Å². The van der Waals surface area contributed by atoms with Crippen molar-refractivity contribution >= 4 is 34.8 Å². The van der Waals surface area contributed by atoms with E-state index in [1.165, 1.54) is 0 Å². The summed E-state index contributed by atoms with van der Waals surface area (Å²) >= 11 is 11.9. The second-order valence-corrected chi connectivity index (χ2v) is 5.49. The number of aryl methyl sites for hydroxylation is 1. The summed E-state index contributed by atoms with van der Waals surface area (Å²) in [7, 11) is 1.69. The fraction of sp³-hybridized carbons (Fsp3) is 0.357. The summed E-state index contributed by atoms with van der Waals surface area (Å²) < 4.78 is 7.24. The first-order valence-electron chi connectivity index (χ1n) is 6.27. The van der Waals surface area contributed by atoms with Gasteiger partial charge in [-0.05, 0) is 32.0 Å². The number of ether oxygens (including phenoxy) is 1. The summed E-state index contributed by atoms with van der Waals surface area (Å²) in [5, 5.41) is 4.30. The maximum atomic E-state index is 6.02. The maximum Gasteiger partial charge on any atom is 0.207 e. The van der Waals surface area contributed by atoms with E-state index in [0.29, 0.717) is 16.7 Å². The molecule has 0 amide bonds. The molecule has 2 rings (SSSR count). The van der Waals surface area contributed by atoms with Crippen molar-refractivity contribution in [2.24, 2.45) is 0 Å². The number of rotatable bonds is 5. The Bertz CT molecular complexity index is 598. The first kappa shape index (κ1) is 15.2. The lowest BCUT2D eigenvalue weighted by atomic mass is 10.3. The van der Waals surface area contributed by atoms with Gasteiger partial charge in [0.15, 0.2) is 0 Å². The highest BCUT2D eigenvalue weighted by atomic mass is 35.5. The van der Waals surface area contributed by atoms with Gasteiger partial charge in [0.05, 0.1) is 28.4 Å². The predicted molar refractivity (Wildman–Crippen MR) is 83.3 cm³/mol. The first-order chi connectivity index (χ1) is 9.51. The van der Waals surface area contributed by atoms with E-state index in [2.05, 4.69) is 17.2 Å². The van der Waals surface area contributed by atoms with E-state index in [4.69, 9.17) is 27.9 Å². The molecule has 2 aromatic rings. The normalized spacial score (nSPS) is 12.4. The lowest BCUT2D eigenvalue weighted by Crippen LogP contribution is -2.12. The molecule has 0 aliphatic carbocycles. The van der Waals surface area contributed by atoms with Gasteiger partial charge in [0.2, 0.25) is 5.95 Å². The molecule has 1 atom stereocenters. The topological polar surface area (TPSA) is 39.1 Å². The number of hydrogen-bond donors (Lipinski definition) is 1. The molecular weight excluding hydrogens is 297 g/mol. The average molecular weight is 314 g/mol. The van der Waals surface area contributed by atoms with Crippen LogP contribution >= 0.6 is 23.2 Å². The summed E-state index contributed by atoms with van der Waals surface area (Å²) in [6.07, 6.45) is 1.99. The van der Waals surface area contributed by atoms with Crippen molar-refractivity contribution in [2.75, 3.05) is 19.0 Å². The Morgan fingerprint density at radius 1 is 1.35 bits per heavy atom. The molecule has 1 N–H and O–H groups in total. The minimum absolute atomic E-state index is 0.187. The first-order valence-corrected chi connectivity index (χ1v) is 7.03. The molecule has 0 aliphatic rings. The van der Waals surface area contributed by atoms with Gasteiger partial charge in [-0.3, -0.25) is 0 Å². The zero-order valence-electron chi connectivity index (χ0n) is 11.7. The zero-order valence-corrected chi connectivity index (χ0v) is 13.2.